The van der Waals surface area contributed by atoms with E-state index in [9.17, 15) is 22.8 Å². The Bertz CT molecular complexity index is 1490. The van der Waals surface area contributed by atoms with Gasteiger partial charge in [-0.25, -0.2) is 13.2 Å². The van der Waals surface area contributed by atoms with Crippen molar-refractivity contribution < 1.29 is 27.5 Å². The van der Waals surface area contributed by atoms with E-state index >= 15 is 0 Å². The Morgan fingerprint density at radius 3 is 2.38 bits per heavy atom. The quantitative estimate of drug-likeness (QED) is 0.428. The van der Waals surface area contributed by atoms with Crippen molar-refractivity contribution in [3.8, 4) is 15.5 Å². The van der Waals surface area contributed by atoms with E-state index in [0.29, 0.717) is 17.9 Å². The van der Waals surface area contributed by atoms with Crippen LogP contribution in [0.2, 0.25) is 0 Å². The first kappa shape index (κ1) is 28.0. The van der Waals surface area contributed by atoms with E-state index < -0.39 is 40.1 Å². The Kier molecular flexibility index (Phi) is 8.07. The maximum atomic E-state index is 13.7. The number of Topliss-reactive ketones (excluding diaryl/α,β-unsaturated/α-hetero) is 1. The second-order valence-electron chi connectivity index (χ2n) is 10.4. The van der Waals surface area contributed by atoms with E-state index in [-0.39, 0.29) is 29.7 Å². The van der Waals surface area contributed by atoms with Gasteiger partial charge < -0.3 is 15.0 Å². The number of likely N-dealkylation sites (tertiary alicyclic amines) is 1. The zero-order chi connectivity index (χ0) is 28.4. The summed E-state index contributed by atoms with van der Waals surface area (Å²) in [6.07, 6.45) is -0.0889. The van der Waals surface area contributed by atoms with Gasteiger partial charge in [-0.2, -0.15) is 4.31 Å². The molecular weight excluding hydrogens is 550 g/mol. The number of thiophene rings is 1. The van der Waals surface area contributed by atoms with E-state index in [0.717, 1.165) is 10.4 Å². The van der Waals surface area contributed by atoms with Crippen LogP contribution in [-0.2, 0) is 19.6 Å². The van der Waals surface area contributed by atoms with Gasteiger partial charge in [0.05, 0.1) is 17.5 Å². The van der Waals surface area contributed by atoms with Crippen LogP contribution in [-0.4, -0.2) is 66.6 Å². The van der Waals surface area contributed by atoms with Crippen molar-refractivity contribution in [2.24, 2.45) is 5.92 Å². The SMILES string of the molecule is CC(C)CC(NC(=O)Oc1ccc(-c2ccccc2)s1)C(=O)N1CCC2C1C(=O)CN2S(=O)(=O)c1ccccc1. The molecule has 1 aromatic heterocycles. The Morgan fingerprint density at radius 1 is 1.02 bits per heavy atom. The molecule has 0 radical (unpaired) electrons. The minimum atomic E-state index is -3.90. The van der Waals surface area contributed by atoms with E-state index in [1.54, 1.807) is 24.3 Å². The fourth-order valence-corrected chi connectivity index (χ4v) is 7.86. The smallest absolute Gasteiger partial charge is 0.399 e. The number of amides is 2. The first-order chi connectivity index (χ1) is 19.1. The molecule has 210 valence electrons. The number of carbonyl (C=O) groups is 3. The number of nitrogens with one attached hydrogen (secondary N) is 1. The summed E-state index contributed by atoms with van der Waals surface area (Å²) in [6.45, 7) is 3.79. The zero-order valence-corrected chi connectivity index (χ0v) is 23.9. The number of fused-ring (bicyclic) bond motifs is 1. The zero-order valence-electron chi connectivity index (χ0n) is 22.2. The highest BCUT2D eigenvalue weighted by molar-refractivity contribution is 7.89. The molecule has 3 heterocycles. The average Bonchev–Trinajstić information content (AvgIpc) is 3.66. The van der Waals surface area contributed by atoms with Crippen molar-refractivity contribution in [1.82, 2.24) is 14.5 Å². The lowest BCUT2D eigenvalue weighted by Gasteiger charge is -2.28. The molecule has 9 nitrogen and oxygen atoms in total. The lowest BCUT2D eigenvalue weighted by atomic mass is 10.0. The van der Waals surface area contributed by atoms with Gasteiger partial charge in [0.15, 0.2) is 10.8 Å². The van der Waals surface area contributed by atoms with E-state index in [4.69, 9.17) is 4.74 Å². The van der Waals surface area contributed by atoms with Crippen molar-refractivity contribution in [3.63, 3.8) is 0 Å². The van der Waals surface area contributed by atoms with Crippen LogP contribution in [0.25, 0.3) is 10.4 Å². The number of hydrogen-bond acceptors (Lipinski definition) is 7. The van der Waals surface area contributed by atoms with Crippen LogP contribution in [0, 0.1) is 5.92 Å². The second-order valence-corrected chi connectivity index (χ2v) is 13.3. The highest BCUT2D eigenvalue weighted by Gasteiger charge is 2.54. The van der Waals surface area contributed by atoms with Crippen LogP contribution in [0.1, 0.15) is 26.7 Å². The fraction of sp³-hybridized carbons (Fsp3) is 0.345. The van der Waals surface area contributed by atoms with Crippen LogP contribution < -0.4 is 10.1 Å². The van der Waals surface area contributed by atoms with Crippen LogP contribution in [0.4, 0.5) is 4.79 Å². The highest BCUT2D eigenvalue weighted by atomic mass is 32.2. The number of ether oxygens (including phenoxy) is 1. The summed E-state index contributed by atoms with van der Waals surface area (Å²) >= 11 is 1.32. The molecule has 40 heavy (non-hydrogen) atoms. The number of benzene rings is 2. The van der Waals surface area contributed by atoms with Gasteiger partial charge in [0.1, 0.15) is 12.1 Å². The number of carbonyl (C=O) groups excluding carboxylic acids is 3. The molecule has 2 saturated heterocycles. The predicted molar refractivity (Wildman–Crippen MR) is 151 cm³/mol. The largest absolute Gasteiger partial charge is 0.414 e. The summed E-state index contributed by atoms with van der Waals surface area (Å²) in [6, 6.07) is 18.8. The van der Waals surface area contributed by atoms with E-state index in [1.807, 2.05) is 50.2 Å². The Hall–Kier alpha value is -3.54. The van der Waals surface area contributed by atoms with Crippen LogP contribution in [0.5, 0.6) is 5.06 Å². The average molecular weight is 582 g/mol. The summed E-state index contributed by atoms with van der Waals surface area (Å²) in [5.74, 6) is -0.678. The molecular formula is C29H31N3O6S2. The molecule has 5 rings (SSSR count). The van der Waals surface area contributed by atoms with Gasteiger partial charge in [0, 0.05) is 11.4 Å². The fourth-order valence-electron chi connectivity index (χ4n) is 5.36. The van der Waals surface area contributed by atoms with Gasteiger partial charge in [0.2, 0.25) is 15.9 Å². The number of nitrogens with zero attached hydrogens (tertiary/aromatic N) is 2. The van der Waals surface area contributed by atoms with Gasteiger partial charge in [0.25, 0.3) is 0 Å². The molecule has 0 saturated carbocycles. The van der Waals surface area contributed by atoms with Gasteiger partial charge in [-0.15, -0.1) is 0 Å². The van der Waals surface area contributed by atoms with Gasteiger partial charge in [-0.3, -0.25) is 9.59 Å². The molecule has 1 N–H and O–H groups in total. The maximum Gasteiger partial charge on any atom is 0.414 e. The minimum absolute atomic E-state index is 0.0632. The van der Waals surface area contributed by atoms with Crippen LogP contribution in [0.3, 0.4) is 0 Å². The monoisotopic (exact) mass is 581 g/mol. The Labute approximate surface area is 237 Å². The number of hydrogen-bond donors (Lipinski definition) is 1. The lowest BCUT2D eigenvalue weighted by Crippen LogP contribution is -2.53. The summed E-state index contributed by atoms with van der Waals surface area (Å²) in [4.78, 5) is 42.1. The summed E-state index contributed by atoms with van der Waals surface area (Å²) in [5.41, 5.74) is 1.00. The molecule has 2 aliphatic rings. The summed E-state index contributed by atoms with van der Waals surface area (Å²) in [5, 5.41) is 3.09. The molecule has 3 unspecified atom stereocenters. The van der Waals surface area contributed by atoms with E-state index in [1.165, 1.54) is 32.7 Å². The Balaban J connectivity index is 1.29. The molecule has 11 heteroatoms. The number of rotatable bonds is 8. The summed E-state index contributed by atoms with van der Waals surface area (Å²) in [7, 11) is -3.90. The minimum Gasteiger partial charge on any atom is -0.399 e. The van der Waals surface area contributed by atoms with Crippen molar-refractivity contribution in [3.05, 3.63) is 72.8 Å². The molecule has 2 fully saturated rings. The van der Waals surface area contributed by atoms with Crippen LogP contribution in [0.15, 0.2) is 77.7 Å². The molecule has 2 aliphatic heterocycles. The van der Waals surface area contributed by atoms with Gasteiger partial charge in [-0.1, -0.05) is 73.7 Å². The van der Waals surface area contributed by atoms with Crippen LogP contribution >= 0.6 is 11.3 Å². The second kappa shape index (κ2) is 11.5. The van der Waals surface area contributed by atoms with Crippen molar-refractivity contribution in [2.75, 3.05) is 13.1 Å². The third-order valence-corrected chi connectivity index (χ3v) is 10.0. The van der Waals surface area contributed by atoms with Crippen molar-refractivity contribution >= 4 is 39.1 Å². The van der Waals surface area contributed by atoms with Gasteiger partial charge >= 0.3 is 6.09 Å². The number of sulfonamides is 1. The molecule has 0 spiro atoms. The third-order valence-electron chi connectivity index (χ3n) is 7.14. The molecule has 0 bridgehead atoms. The summed E-state index contributed by atoms with van der Waals surface area (Å²) < 4.78 is 33.3. The Morgan fingerprint density at radius 2 is 1.70 bits per heavy atom. The highest BCUT2D eigenvalue weighted by Crippen LogP contribution is 2.35. The molecule has 3 atom stereocenters. The van der Waals surface area contributed by atoms with Gasteiger partial charge in [-0.05, 0) is 48.6 Å². The topological polar surface area (TPSA) is 113 Å². The first-order valence-corrected chi connectivity index (χ1v) is 15.4. The van der Waals surface area contributed by atoms with E-state index in [2.05, 4.69) is 5.32 Å². The molecule has 2 aromatic carbocycles. The van der Waals surface area contributed by atoms with Crippen molar-refractivity contribution in [2.45, 2.75) is 49.7 Å². The third kappa shape index (κ3) is 5.67. The number of ketones is 1. The van der Waals surface area contributed by atoms with Crippen molar-refractivity contribution in [1.29, 1.82) is 0 Å². The predicted octanol–water partition coefficient (Wildman–Crippen LogP) is 4.16. The lowest BCUT2D eigenvalue weighted by molar-refractivity contribution is -0.138. The molecule has 0 aliphatic carbocycles. The molecule has 2 amide bonds. The first-order valence-electron chi connectivity index (χ1n) is 13.2. The standard InChI is InChI=1S/C29H31N3O6S2/c1-19(2)17-22(30-29(35)38-26-14-13-25(39-26)20-9-5-3-6-10-20)28(34)31-16-15-23-27(31)24(33)18-32(23)40(36,37)21-11-7-4-8-12-21/h3-14,19,22-23,27H,15-18H2,1-2H3,(H,30,35). The maximum absolute atomic E-state index is 13.7. The molecule has 3 aromatic rings. The normalized spacial score (nSPS) is 20.0.